The first-order valence-electron chi connectivity index (χ1n) is 11.0. The molecule has 0 aliphatic carbocycles. The van der Waals surface area contributed by atoms with Crippen LogP contribution in [0, 0.1) is 0 Å². The van der Waals surface area contributed by atoms with Gasteiger partial charge in [-0.15, -0.1) is 0 Å². The Morgan fingerprint density at radius 1 is 0.867 bits per heavy atom. The van der Waals surface area contributed by atoms with Crippen molar-refractivity contribution in [2.24, 2.45) is 0 Å². The highest BCUT2D eigenvalue weighted by Gasteiger charge is 2.14. The van der Waals surface area contributed by atoms with Gasteiger partial charge in [-0.2, -0.15) is 0 Å². The number of benzene rings is 3. The van der Waals surface area contributed by atoms with Gasteiger partial charge in [-0.05, 0) is 53.4 Å². The van der Waals surface area contributed by atoms with Gasteiger partial charge in [0.2, 0.25) is 0 Å². The molecule has 0 aromatic heterocycles. The highest BCUT2D eigenvalue weighted by atomic mass is 32.2. The lowest BCUT2D eigenvalue weighted by molar-refractivity contribution is 0.248. The predicted molar refractivity (Wildman–Crippen MR) is 129 cm³/mol. The summed E-state index contributed by atoms with van der Waals surface area (Å²) in [5.41, 5.74) is 3.11. The maximum atomic E-state index is 11.3. The van der Waals surface area contributed by atoms with Crippen LogP contribution in [0.5, 0.6) is 0 Å². The summed E-state index contributed by atoms with van der Waals surface area (Å²) in [4.78, 5) is 2.98. The van der Waals surface area contributed by atoms with Crippen molar-refractivity contribution in [1.29, 1.82) is 0 Å². The van der Waals surface area contributed by atoms with Gasteiger partial charge < -0.3 is 0 Å². The summed E-state index contributed by atoms with van der Waals surface area (Å²) in [6.45, 7) is 5.98. The Bertz CT molecular complexity index is 1070. The summed E-state index contributed by atoms with van der Waals surface area (Å²) in [6.07, 6.45) is 7.96. The summed E-state index contributed by atoms with van der Waals surface area (Å²) in [7, 11) is -3.09. The zero-order valence-electron chi connectivity index (χ0n) is 18.2. The second-order valence-electron chi connectivity index (χ2n) is 8.14. The monoisotopic (exact) mass is 425 g/mol. The van der Waals surface area contributed by atoms with E-state index in [2.05, 4.69) is 36.1 Å². The van der Waals surface area contributed by atoms with Crippen LogP contribution in [0.25, 0.3) is 10.8 Å². The van der Waals surface area contributed by atoms with Crippen LogP contribution in [0.3, 0.4) is 0 Å². The number of hydrogen-bond donors (Lipinski definition) is 0. The third-order valence-corrected chi connectivity index (χ3v) is 6.80. The van der Waals surface area contributed by atoms with Crippen LogP contribution in [0.15, 0.2) is 71.6 Å². The first-order valence-corrected chi connectivity index (χ1v) is 12.8. The smallest absolute Gasteiger partial charge is 0.175 e. The minimum Gasteiger partial charge on any atom is -0.299 e. The molecule has 1 heterocycles. The number of sulfone groups is 1. The molecular weight excluding hydrogens is 390 g/mol. The average Bonchev–Trinajstić information content (AvgIpc) is 2.76. The van der Waals surface area contributed by atoms with Crippen LogP contribution < -0.4 is 0 Å². The van der Waals surface area contributed by atoms with Gasteiger partial charge in [0.15, 0.2) is 9.84 Å². The van der Waals surface area contributed by atoms with Gasteiger partial charge in [0, 0.05) is 20.8 Å². The van der Waals surface area contributed by atoms with E-state index in [1.165, 1.54) is 58.0 Å². The number of nitrogens with zero attached hydrogens (tertiary/aromatic N) is 1. The molecule has 1 aliphatic rings. The van der Waals surface area contributed by atoms with Gasteiger partial charge in [0.25, 0.3) is 0 Å². The summed E-state index contributed by atoms with van der Waals surface area (Å²) >= 11 is 0. The van der Waals surface area contributed by atoms with Crippen LogP contribution in [0.1, 0.15) is 45.2 Å². The first-order chi connectivity index (χ1) is 14.5. The molecule has 0 atom stereocenters. The van der Waals surface area contributed by atoms with Gasteiger partial charge in [-0.1, -0.05) is 80.8 Å². The molecule has 3 aromatic rings. The van der Waals surface area contributed by atoms with Crippen molar-refractivity contribution < 1.29 is 9.84 Å². The van der Waals surface area contributed by atoms with Gasteiger partial charge in [-0.25, -0.2) is 8.42 Å². The molecule has 1 aliphatic heterocycles. The Morgan fingerprint density at radius 2 is 1.57 bits per heavy atom. The Morgan fingerprint density at radius 3 is 2.30 bits per heavy atom. The lowest BCUT2D eigenvalue weighted by Crippen LogP contribution is -2.31. The summed E-state index contributed by atoms with van der Waals surface area (Å²) in [6, 6.07) is 21.8. The van der Waals surface area contributed by atoms with Crippen molar-refractivity contribution >= 4 is 20.6 Å². The van der Waals surface area contributed by atoms with Crippen molar-refractivity contribution in [3.8, 4) is 0 Å². The molecule has 0 bridgehead atoms. The SMILES string of the molecule is CCCCCCN1CCc2ccccc2C1.CS(=O)(=O)c1ccc2ccccc2c1.[HH]. The van der Waals surface area contributed by atoms with Gasteiger partial charge in [0.1, 0.15) is 0 Å². The largest absolute Gasteiger partial charge is 0.299 e. The molecule has 0 spiro atoms. The second-order valence-corrected chi connectivity index (χ2v) is 10.2. The van der Waals surface area contributed by atoms with Crippen molar-refractivity contribution in [2.75, 3.05) is 19.3 Å². The molecule has 4 rings (SSSR count). The van der Waals surface area contributed by atoms with Crippen molar-refractivity contribution in [3.05, 3.63) is 77.9 Å². The molecule has 0 radical (unpaired) electrons. The topological polar surface area (TPSA) is 37.4 Å². The molecule has 0 amide bonds. The van der Waals surface area contributed by atoms with Crippen LogP contribution in [0.4, 0.5) is 0 Å². The van der Waals surface area contributed by atoms with Gasteiger partial charge in [0.05, 0.1) is 4.90 Å². The van der Waals surface area contributed by atoms with E-state index in [1.54, 1.807) is 23.3 Å². The molecular formula is C26H35NO2S. The molecule has 4 heteroatoms. The zero-order valence-corrected chi connectivity index (χ0v) is 19.0. The fraction of sp³-hybridized carbons (Fsp3) is 0.385. The van der Waals surface area contributed by atoms with Crippen LogP contribution in [-0.4, -0.2) is 32.7 Å². The van der Waals surface area contributed by atoms with Crippen LogP contribution >= 0.6 is 0 Å². The fourth-order valence-corrected chi connectivity index (χ4v) is 4.56. The summed E-state index contributed by atoms with van der Waals surface area (Å²) in [5.74, 6) is 0. The van der Waals surface area contributed by atoms with Gasteiger partial charge in [-0.3, -0.25) is 4.90 Å². The molecule has 30 heavy (non-hydrogen) atoms. The maximum absolute atomic E-state index is 11.3. The minimum atomic E-state index is -3.09. The highest BCUT2D eigenvalue weighted by Crippen LogP contribution is 2.19. The molecule has 0 fully saturated rings. The lowest BCUT2D eigenvalue weighted by Gasteiger charge is -2.28. The highest BCUT2D eigenvalue weighted by molar-refractivity contribution is 7.90. The van der Waals surface area contributed by atoms with Gasteiger partial charge >= 0.3 is 0 Å². The first kappa shape index (κ1) is 22.5. The van der Waals surface area contributed by atoms with E-state index in [1.807, 2.05) is 30.3 Å². The van der Waals surface area contributed by atoms with Crippen LogP contribution in [0.2, 0.25) is 0 Å². The quantitative estimate of drug-likeness (QED) is 0.447. The lowest BCUT2D eigenvalue weighted by atomic mass is 10.00. The van der Waals surface area contributed by atoms with Crippen molar-refractivity contribution in [3.63, 3.8) is 0 Å². The third kappa shape index (κ3) is 6.41. The Balaban J connectivity index is 0.000000215. The number of rotatable bonds is 6. The number of unbranched alkanes of at least 4 members (excludes halogenated alkanes) is 3. The third-order valence-electron chi connectivity index (χ3n) is 5.69. The van der Waals surface area contributed by atoms with E-state index in [4.69, 9.17) is 0 Å². The Kier molecular flexibility index (Phi) is 8.06. The summed E-state index contributed by atoms with van der Waals surface area (Å²) < 4.78 is 22.6. The molecule has 0 saturated carbocycles. The number of hydrogen-bond acceptors (Lipinski definition) is 3. The summed E-state index contributed by atoms with van der Waals surface area (Å²) in [5, 5.41) is 2.01. The molecule has 0 saturated heterocycles. The second kappa shape index (κ2) is 10.7. The standard InChI is InChI=1S/C15H23N.C11H10O2S.H2/c1-2-3-4-7-11-16-12-10-14-8-5-6-9-15(14)13-16;1-14(12,13)11-7-6-9-4-2-3-5-10(9)8-11;/h5-6,8-9H,2-4,7,10-13H2,1H3;2-8H,1H3;1H. The fourth-order valence-electron chi connectivity index (χ4n) is 3.91. The Hall–Kier alpha value is -2.17. The maximum Gasteiger partial charge on any atom is 0.175 e. The van der Waals surface area contributed by atoms with E-state index >= 15 is 0 Å². The van der Waals surface area contributed by atoms with Crippen molar-refractivity contribution in [1.82, 2.24) is 4.90 Å². The molecule has 3 nitrogen and oxygen atoms in total. The van der Waals surface area contributed by atoms with E-state index in [0.717, 1.165) is 10.8 Å². The average molecular weight is 426 g/mol. The molecule has 162 valence electrons. The number of fused-ring (bicyclic) bond motifs is 2. The molecule has 3 aromatic carbocycles. The normalized spacial score (nSPS) is 14.1. The molecule has 0 unspecified atom stereocenters. The minimum absolute atomic E-state index is 0. The van der Waals surface area contributed by atoms with E-state index in [0.29, 0.717) is 4.90 Å². The van der Waals surface area contributed by atoms with Crippen LogP contribution in [-0.2, 0) is 22.8 Å². The predicted octanol–water partition coefficient (Wildman–Crippen LogP) is 6.11. The van der Waals surface area contributed by atoms with E-state index < -0.39 is 9.84 Å². The van der Waals surface area contributed by atoms with E-state index in [9.17, 15) is 8.42 Å². The zero-order chi connectivity index (χ0) is 21.4. The molecule has 0 N–H and O–H groups in total. The van der Waals surface area contributed by atoms with Crippen molar-refractivity contribution in [2.45, 2.75) is 50.5 Å². The Labute approximate surface area is 183 Å². The van der Waals surface area contributed by atoms with E-state index in [-0.39, 0.29) is 1.43 Å².